The van der Waals surface area contributed by atoms with Crippen LogP contribution in [0.1, 0.15) is 22.3 Å². The molecule has 2 aromatic carbocycles. The van der Waals surface area contributed by atoms with Gasteiger partial charge in [0.1, 0.15) is 18.2 Å². The van der Waals surface area contributed by atoms with Gasteiger partial charge >= 0.3 is 0 Å². The van der Waals surface area contributed by atoms with Gasteiger partial charge in [0.2, 0.25) is 0 Å². The Bertz CT molecular complexity index is 726. The van der Waals surface area contributed by atoms with Gasteiger partial charge in [0.15, 0.2) is 0 Å². The number of nitrogens with one attached hydrogen (secondary N) is 1. The number of hydrogen-bond donors (Lipinski definition) is 1. The van der Waals surface area contributed by atoms with E-state index < -0.39 is 0 Å². The molecule has 1 aliphatic rings. The van der Waals surface area contributed by atoms with E-state index >= 15 is 0 Å². The third-order valence-corrected chi connectivity index (χ3v) is 5.08. The zero-order valence-electron chi connectivity index (χ0n) is 16.1. The molecule has 4 nitrogen and oxygen atoms in total. The van der Waals surface area contributed by atoms with E-state index in [1.54, 1.807) is 0 Å². The van der Waals surface area contributed by atoms with Crippen molar-refractivity contribution in [2.45, 2.75) is 20.8 Å². The predicted molar refractivity (Wildman–Crippen MR) is 107 cm³/mol. The molecular weight excluding hydrogens is 322 g/mol. The molecule has 0 atom stereocenters. The quantitative estimate of drug-likeness (QED) is 0.660. The summed E-state index contributed by atoms with van der Waals surface area (Å²) in [5.74, 6) is 1.66. The zero-order chi connectivity index (χ0) is 18.5. The van der Waals surface area contributed by atoms with E-state index in [0.29, 0.717) is 12.4 Å². The molecule has 1 saturated heterocycles. The summed E-state index contributed by atoms with van der Waals surface area (Å²) < 4.78 is 6.03. The van der Waals surface area contributed by atoms with E-state index in [0.717, 1.165) is 44.0 Å². The lowest BCUT2D eigenvalue weighted by atomic mass is 10.1. The average molecular weight is 351 g/mol. The van der Waals surface area contributed by atoms with Crippen molar-refractivity contribution in [3.8, 4) is 5.75 Å². The topological polar surface area (TPSA) is 39.6 Å². The third-order valence-electron chi connectivity index (χ3n) is 5.08. The Balaban J connectivity index is 1.45. The summed E-state index contributed by atoms with van der Waals surface area (Å²) in [5.41, 5.74) is 4.63. The number of para-hydroxylation sites is 1. The largest absolute Gasteiger partial charge is 0.492 e. The molecule has 1 N–H and O–H groups in total. The van der Waals surface area contributed by atoms with Crippen molar-refractivity contribution in [3.05, 3.63) is 64.7 Å². The summed E-state index contributed by atoms with van der Waals surface area (Å²) in [5, 5.41) is 8.44. The maximum Gasteiger partial charge on any atom is 0.128 e. The molecule has 1 fully saturated rings. The standard InChI is InChI=1S/C22H29N3O/c1-17-7-9-20(10-8-17)22(23)25-13-11-24(12-14-25)15-16-26-21-18(2)5-4-6-19(21)3/h4-10,23H,11-16H2,1-3H3. The summed E-state index contributed by atoms with van der Waals surface area (Å²) in [4.78, 5) is 4.60. The van der Waals surface area contributed by atoms with Crippen molar-refractivity contribution in [3.63, 3.8) is 0 Å². The molecule has 0 saturated carbocycles. The summed E-state index contributed by atoms with van der Waals surface area (Å²) in [7, 11) is 0. The second kappa shape index (κ2) is 8.37. The van der Waals surface area contributed by atoms with Gasteiger partial charge in [-0.1, -0.05) is 48.0 Å². The molecule has 2 aromatic rings. The Kier molecular flexibility index (Phi) is 5.94. The van der Waals surface area contributed by atoms with Crippen LogP contribution in [0.2, 0.25) is 0 Å². The van der Waals surface area contributed by atoms with Crippen LogP contribution in [0, 0.1) is 26.2 Å². The van der Waals surface area contributed by atoms with Crippen LogP contribution >= 0.6 is 0 Å². The SMILES string of the molecule is Cc1ccc(C(=N)N2CCN(CCOc3c(C)cccc3C)CC2)cc1. The molecule has 138 valence electrons. The van der Waals surface area contributed by atoms with Gasteiger partial charge in [-0.15, -0.1) is 0 Å². The van der Waals surface area contributed by atoms with E-state index in [-0.39, 0.29) is 0 Å². The first-order valence-electron chi connectivity index (χ1n) is 9.36. The molecule has 0 bridgehead atoms. The molecule has 0 unspecified atom stereocenters. The van der Waals surface area contributed by atoms with Gasteiger partial charge in [-0.3, -0.25) is 10.3 Å². The van der Waals surface area contributed by atoms with Gasteiger partial charge in [-0.25, -0.2) is 0 Å². The van der Waals surface area contributed by atoms with Crippen LogP contribution in [0.15, 0.2) is 42.5 Å². The predicted octanol–water partition coefficient (Wildman–Crippen LogP) is 3.63. The highest BCUT2D eigenvalue weighted by atomic mass is 16.5. The number of ether oxygens (including phenoxy) is 1. The zero-order valence-corrected chi connectivity index (χ0v) is 16.1. The molecule has 1 aliphatic heterocycles. The van der Waals surface area contributed by atoms with Crippen molar-refractivity contribution < 1.29 is 4.74 Å². The number of benzene rings is 2. The van der Waals surface area contributed by atoms with Crippen molar-refractivity contribution in [1.82, 2.24) is 9.80 Å². The highest BCUT2D eigenvalue weighted by Crippen LogP contribution is 2.22. The first kappa shape index (κ1) is 18.5. The van der Waals surface area contributed by atoms with Crippen LogP contribution < -0.4 is 4.74 Å². The highest BCUT2D eigenvalue weighted by molar-refractivity contribution is 5.96. The lowest BCUT2D eigenvalue weighted by Crippen LogP contribution is -2.49. The Morgan fingerprint density at radius 2 is 1.54 bits per heavy atom. The van der Waals surface area contributed by atoms with E-state index in [1.165, 1.54) is 16.7 Å². The second-order valence-electron chi connectivity index (χ2n) is 7.11. The van der Waals surface area contributed by atoms with Crippen LogP contribution in [-0.2, 0) is 0 Å². The number of piperazine rings is 1. The van der Waals surface area contributed by atoms with Crippen LogP contribution in [-0.4, -0.2) is 55.0 Å². The van der Waals surface area contributed by atoms with E-state index in [9.17, 15) is 0 Å². The van der Waals surface area contributed by atoms with Crippen molar-refractivity contribution >= 4 is 5.84 Å². The fourth-order valence-electron chi connectivity index (χ4n) is 3.39. The molecule has 0 amide bonds. The van der Waals surface area contributed by atoms with E-state index in [4.69, 9.17) is 10.1 Å². The molecule has 0 aliphatic carbocycles. The van der Waals surface area contributed by atoms with Gasteiger partial charge in [0, 0.05) is 38.3 Å². The van der Waals surface area contributed by atoms with Crippen molar-refractivity contribution in [2.75, 3.05) is 39.3 Å². The first-order valence-corrected chi connectivity index (χ1v) is 9.36. The van der Waals surface area contributed by atoms with Crippen molar-refractivity contribution in [1.29, 1.82) is 5.41 Å². The van der Waals surface area contributed by atoms with Crippen LogP contribution in [0.25, 0.3) is 0 Å². The maximum absolute atomic E-state index is 8.44. The Morgan fingerprint density at radius 3 is 2.15 bits per heavy atom. The number of hydrogen-bond acceptors (Lipinski definition) is 3. The van der Waals surface area contributed by atoms with E-state index in [2.05, 4.69) is 60.9 Å². The third kappa shape index (κ3) is 4.44. The Morgan fingerprint density at radius 1 is 0.923 bits per heavy atom. The summed E-state index contributed by atoms with van der Waals surface area (Å²) >= 11 is 0. The molecule has 0 aromatic heterocycles. The van der Waals surface area contributed by atoms with Crippen LogP contribution in [0.5, 0.6) is 5.75 Å². The van der Waals surface area contributed by atoms with Gasteiger partial charge in [0.05, 0.1) is 0 Å². The fraction of sp³-hybridized carbons (Fsp3) is 0.409. The number of nitrogens with zero attached hydrogens (tertiary/aromatic N) is 2. The number of amidine groups is 1. The van der Waals surface area contributed by atoms with Crippen LogP contribution in [0.3, 0.4) is 0 Å². The van der Waals surface area contributed by atoms with Crippen molar-refractivity contribution in [2.24, 2.45) is 0 Å². The lowest BCUT2D eigenvalue weighted by molar-refractivity contribution is 0.153. The lowest BCUT2D eigenvalue weighted by Gasteiger charge is -2.36. The van der Waals surface area contributed by atoms with Gasteiger partial charge in [-0.05, 0) is 31.9 Å². The smallest absolute Gasteiger partial charge is 0.128 e. The molecule has 4 heteroatoms. The van der Waals surface area contributed by atoms with Gasteiger partial charge in [0.25, 0.3) is 0 Å². The summed E-state index contributed by atoms with van der Waals surface area (Å²) in [6.45, 7) is 11.7. The first-order chi connectivity index (χ1) is 12.5. The van der Waals surface area contributed by atoms with Crippen LogP contribution in [0.4, 0.5) is 0 Å². The van der Waals surface area contributed by atoms with Gasteiger partial charge < -0.3 is 9.64 Å². The molecule has 1 heterocycles. The minimum atomic E-state index is 0.636. The summed E-state index contributed by atoms with van der Waals surface area (Å²) in [6, 6.07) is 14.5. The monoisotopic (exact) mass is 351 g/mol. The molecule has 0 radical (unpaired) electrons. The van der Waals surface area contributed by atoms with E-state index in [1.807, 2.05) is 12.1 Å². The Hall–Kier alpha value is -2.33. The highest BCUT2D eigenvalue weighted by Gasteiger charge is 2.19. The summed E-state index contributed by atoms with van der Waals surface area (Å²) in [6.07, 6.45) is 0. The normalized spacial score (nSPS) is 15.1. The minimum Gasteiger partial charge on any atom is -0.492 e. The fourth-order valence-corrected chi connectivity index (χ4v) is 3.39. The minimum absolute atomic E-state index is 0.636. The number of rotatable bonds is 5. The maximum atomic E-state index is 8.44. The molecule has 3 rings (SSSR count). The molecular formula is C22H29N3O. The molecule has 26 heavy (non-hydrogen) atoms. The van der Waals surface area contributed by atoms with Gasteiger partial charge in [-0.2, -0.15) is 0 Å². The number of aryl methyl sites for hydroxylation is 3. The average Bonchev–Trinajstić information content (AvgIpc) is 2.65. The Labute approximate surface area is 156 Å². The second-order valence-corrected chi connectivity index (χ2v) is 7.11. The molecule has 0 spiro atoms.